The van der Waals surface area contributed by atoms with Crippen molar-refractivity contribution in [1.82, 2.24) is 0 Å². The summed E-state index contributed by atoms with van der Waals surface area (Å²) < 4.78 is 37.0. The molecule has 5 N–H and O–H groups in total. The minimum atomic E-state index is -3.88. The molecule has 0 saturated carbocycles. The molecular weight excluding hydrogens is 349 g/mol. The molecule has 0 amide bonds. The van der Waals surface area contributed by atoms with Gasteiger partial charge in [-0.2, -0.15) is 0 Å². The van der Waals surface area contributed by atoms with Crippen LogP contribution in [0.15, 0.2) is 45.8 Å². The minimum Gasteiger partial charge on any atom is -0.399 e. The van der Waals surface area contributed by atoms with E-state index in [1.54, 1.807) is 6.07 Å². The maximum Gasteiger partial charge on any atom is 0.238 e. The summed E-state index contributed by atoms with van der Waals surface area (Å²) in [5.41, 5.74) is 6.33. The molecule has 0 fully saturated rings. The Morgan fingerprint density at radius 3 is 2.50 bits per heavy atom. The number of nitrogens with two attached hydrogens (primary N) is 2. The molecule has 8 heteroatoms. The Hall–Kier alpha value is -1.64. The topological polar surface area (TPSA) is 98.2 Å². The van der Waals surface area contributed by atoms with Crippen LogP contribution in [0.4, 0.5) is 21.5 Å². The first-order valence-corrected chi connectivity index (χ1v) is 7.75. The molecule has 0 heterocycles. The van der Waals surface area contributed by atoms with Crippen molar-refractivity contribution >= 4 is 43.0 Å². The van der Waals surface area contributed by atoms with Crippen LogP contribution in [0.3, 0.4) is 0 Å². The van der Waals surface area contributed by atoms with Crippen LogP contribution in [0.25, 0.3) is 0 Å². The molecule has 0 atom stereocenters. The number of nitrogens with one attached hydrogen (secondary N) is 1. The Balaban J connectivity index is 2.44. The summed E-state index contributed by atoms with van der Waals surface area (Å²) in [7, 11) is -3.88. The number of sulfonamides is 1. The maximum atomic E-state index is 13.6. The molecule has 0 aromatic heterocycles. The predicted molar refractivity (Wildman–Crippen MR) is 79.6 cm³/mol. The van der Waals surface area contributed by atoms with Crippen LogP contribution in [0.5, 0.6) is 0 Å². The van der Waals surface area contributed by atoms with Gasteiger partial charge in [0.2, 0.25) is 10.0 Å². The Morgan fingerprint density at radius 2 is 1.85 bits per heavy atom. The van der Waals surface area contributed by atoms with E-state index >= 15 is 0 Å². The average Bonchev–Trinajstić information content (AvgIpc) is 2.32. The predicted octanol–water partition coefficient (Wildman–Crippen LogP) is 2.56. The first-order valence-electron chi connectivity index (χ1n) is 5.41. The molecule has 0 spiro atoms. The van der Waals surface area contributed by atoms with Crippen molar-refractivity contribution in [1.29, 1.82) is 0 Å². The number of anilines is 3. The van der Waals surface area contributed by atoms with Gasteiger partial charge in [-0.25, -0.2) is 17.9 Å². The van der Waals surface area contributed by atoms with Crippen LogP contribution >= 0.6 is 15.9 Å². The molecule has 5 nitrogen and oxygen atoms in total. The summed E-state index contributed by atoms with van der Waals surface area (Å²) in [5.74, 6) is -0.479. The zero-order chi connectivity index (χ0) is 14.9. The van der Waals surface area contributed by atoms with Gasteiger partial charge >= 0.3 is 0 Å². The lowest BCUT2D eigenvalue weighted by Gasteiger charge is -2.10. The zero-order valence-electron chi connectivity index (χ0n) is 10.1. The zero-order valence-corrected chi connectivity index (χ0v) is 12.5. The Kier molecular flexibility index (Phi) is 3.98. The summed E-state index contributed by atoms with van der Waals surface area (Å²) >= 11 is 3.22. The van der Waals surface area contributed by atoms with Gasteiger partial charge in [0, 0.05) is 15.8 Å². The van der Waals surface area contributed by atoms with Gasteiger partial charge in [0.15, 0.2) is 0 Å². The van der Waals surface area contributed by atoms with Crippen molar-refractivity contribution in [2.45, 2.75) is 4.90 Å². The molecule has 0 unspecified atom stereocenters. The number of rotatable bonds is 3. The maximum absolute atomic E-state index is 13.6. The molecule has 0 saturated heterocycles. The normalized spacial score (nSPS) is 11.3. The molecule has 2 rings (SSSR count). The molecule has 0 radical (unpaired) electrons. The SMILES string of the molecule is Nc1cc(Nc2cc(Br)ccc2F)cc(S(N)(=O)=O)c1. The van der Waals surface area contributed by atoms with Gasteiger partial charge in [-0.3, -0.25) is 0 Å². The molecule has 106 valence electrons. The Bertz CT molecular complexity index is 765. The summed E-state index contributed by atoms with van der Waals surface area (Å²) in [6, 6.07) is 8.35. The van der Waals surface area contributed by atoms with Crippen LogP contribution < -0.4 is 16.2 Å². The lowest BCUT2D eigenvalue weighted by Crippen LogP contribution is -2.12. The van der Waals surface area contributed by atoms with Gasteiger partial charge in [0.1, 0.15) is 5.82 Å². The van der Waals surface area contributed by atoms with Crippen molar-refractivity contribution in [3.63, 3.8) is 0 Å². The van der Waals surface area contributed by atoms with E-state index in [1.807, 2.05) is 0 Å². The molecule has 0 aliphatic rings. The number of nitrogen functional groups attached to an aromatic ring is 1. The molecule has 0 aliphatic heterocycles. The lowest BCUT2D eigenvalue weighted by molar-refractivity contribution is 0.598. The van der Waals surface area contributed by atoms with Gasteiger partial charge in [-0.05, 0) is 36.4 Å². The number of primary sulfonamides is 1. The highest BCUT2D eigenvalue weighted by Gasteiger charge is 2.11. The smallest absolute Gasteiger partial charge is 0.238 e. The van der Waals surface area contributed by atoms with E-state index < -0.39 is 15.8 Å². The van der Waals surface area contributed by atoms with Crippen molar-refractivity contribution < 1.29 is 12.8 Å². The van der Waals surface area contributed by atoms with Crippen LogP contribution in [-0.4, -0.2) is 8.42 Å². The van der Waals surface area contributed by atoms with E-state index in [4.69, 9.17) is 10.9 Å². The quantitative estimate of drug-likeness (QED) is 0.733. The monoisotopic (exact) mass is 359 g/mol. The standard InChI is InChI=1S/C12H11BrFN3O2S/c13-7-1-2-11(14)12(3-7)17-9-4-8(15)5-10(6-9)20(16,18)19/h1-6,17H,15H2,(H2,16,18,19). The first kappa shape index (κ1) is 14.8. The summed E-state index contributed by atoms with van der Waals surface area (Å²) in [6.45, 7) is 0. The summed E-state index contributed by atoms with van der Waals surface area (Å²) in [5, 5.41) is 7.81. The fourth-order valence-electron chi connectivity index (χ4n) is 1.61. The van der Waals surface area contributed by atoms with Gasteiger partial charge in [-0.15, -0.1) is 0 Å². The molecule has 0 aliphatic carbocycles. The van der Waals surface area contributed by atoms with E-state index in [2.05, 4.69) is 21.2 Å². The van der Waals surface area contributed by atoms with Gasteiger partial charge in [0.05, 0.1) is 10.6 Å². The number of benzene rings is 2. The van der Waals surface area contributed by atoms with Crippen LogP contribution in [0.1, 0.15) is 0 Å². The number of hydrogen-bond acceptors (Lipinski definition) is 4. The third-order valence-electron chi connectivity index (χ3n) is 2.46. The summed E-state index contributed by atoms with van der Waals surface area (Å²) in [4.78, 5) is -0.143. The van der Waals surface area contributed by atoms with Crippen molar-refractivity contribution in [2.75, 3.05) is 11.1 Å². The molecule has 2 aromatic carbocycles. The first-order chi connectivity index (χ1) is 9.25. The third kappa shape index (κ3) is 3.47. The largest absolute Gasteiger partial charge is 0.399 e. The van der Waals surface area contributed by atoms with Gasteiger partial charge in [0.25, 0.3) is 0 Å². The highest BCUT2D eigenvalue weighted by Crippen LogP contribution is 2.26. The number of halogens is 2. The van der Waals surface area contributed by atoms with Crippen molar-refractivity contribution in [3.8, 4) is 0 Å². The van der Waals surface area contributed by atoms with E-state index in [-0.39, 0.29) is 16.3 Å². The number of hydrogen-bond donors (Lipinski definition) is 3. The second kappa shape index (κ2) is 5.39. The van der Waals surface area contributed by atoms with E-state index in [9.17, 15) is 12.8 Å². The average molecular weight is 360 g/mol. The Morgan fingerprint density at radius 1 is 1.15 bits per heavy atom. The highest BCUT2D eigenvalue weighted by atomic mass is 79.9. The van der Waals surface area contributed by atoms with Gasteiger partial charge < -0.3 is 11.1 Å². The Labute approximate surface area is 124 Å². The van der Waals surface area contributed by atoms with E-state index in [0.29, 0.717) is 10.2 Å². The van der Waals surface area contributed by atoms with Gasteiger partial charge in [-0.1, -0.05) is 15.9 Å². The lowest BCUT2D eigenvalue weighted by atomic mass is 10.2. The summed E-state index contributed by atoms with van der Waals surface area (Å²) in [6.07, 6.45) is 0. The minimum absolute atomic E-state index is 0.143. The highest BCUT2D eigenvalue weighted by molar-refractivity contribution is 9.10. The van der Waals surface area contributed by atoms with Crippen LogP contribution in [-0.2, 0) is 10.0 Å². The third-order valence-corrected chi connectivity index (χ3v) is 3.85. The second-order valence-corrected chi connectivity index (χ2v) is 6.56. The van der Waals surface area contributed by atoms with Crippen molar-refractivity contribution in [2.24, 2.45) is 5.14 Å². The molecule has 2 aromatic rings. The second-order valence-electron chi connectivity index (χ2n) is 4.08. The van der Waals surface area contributed by atoms with Crippen LogP contribution in [0, 0.1) is 5.82 Å². The molecular formula is C12H11BrFN3O2S. The molecule has 20 heavy (non-hydrogen) atoms. The van der Waals surface area contributed by atoms with Crippen LogP contribution in [0.2, 0.25) is 0 Å². The van der Waals surface area contributed by atoms with E-state index in [0.717, 1.165) is 0 Å². The molecule has 0 bridgehead atoms. The van der Waals surface area contributed by atoms with E-state index in [1.165, 1.54) is 30.3 Å². The fraction of sp³-hybridized carbons (Fsp3) is 0. The fourth-order valence-corrected chi connectivity index (χ4v) is 2.56. The van der Waals surface area contributed by atoms with Crippen molar-refractivity contribution in [3.05, 3.63) is 46.7 Å².